The van der Waals surface area contributed by atoms with Crippen molar-refractivity contribution in [1.29, 1.82) is 5.26 Å². The van der Waals surface area contributed by atoms with Crippen LogP contribution in [0.5, 0.6) is 0 Å². The molecule has 108 valence electrons. The van der Waals surface area contributed by atoms with E-state index < -0.39 is 10.0 Å². The van der Waals surface area contributed by atoms with Crippen molar-refractivity contribution in [2.75, 3.05) is 10.5 Å². The molecule has 21 heavy (non-hydrogen) atoms. The summed E-state index contributed by atoms with van der Waals surface area (Å²) < 4.78 is 26.9. The Hall–Kier alpha value is -2.30. The number of halogens is 1. The largest absolute Gasteiger partial charge is 0.397 e. The fourth-order valence-electron chi connectivity index (χ4n) is 1.59. The highest BCUT2D eigenvalue weighted by Gasteiger charge is 2.19. The Morgan fingerprint density at radius 1 is 1.38 bits per heavy atom. The summed E-state index contributed by atoms with van der Waals surface area (Å²) in [4.78, 5) is 3.72. The number of hydrogen-bond acceptors (Lipinski definition) is 5. The molecule has 2 rings (SSSR count). The Balaban J connectivity index is 2.43. The Kier molecular flexibility index (Phi) is 4.02. The number of nitrogen functional groups attached to an aromatic ring is 1. The maximum Gasteiger partial charge on any atom is 0.264 e. The first-order valence-corrected chi connectivity index (χ1v) is 7.64. The maximum absolute atomic E-state index is 12.3. The van der Waals surface area contributed by atoms with E-state index in [9.17, 15) is 8.42 Å². The Morgan fingerprint density at radius 2 is 2.10 bits per heavy atom. The zero-order valence-corrected chi connectivity index (χ0v) is 12.5. The summed E-state index contributed by atoms with van der Waals surface area (Å²) in [5, 5.41) is 8.86. The van der Waals surface area contributed by atoms with Crippen LogP contribution in [-0.4, -0.2) is 13.4 Å². The molecule has 0 aliphatic heterocycles. The Bertz CT molecular complexity index is 844. The van der Waals surface area contributed by atoms with E-state index in [4.69, 9.17) is 22.6 Å². The van der Waals surface area contributed by atoms with Crippen molar-refractivity contribution in [1.82, 2.24) is 4.98 Å². The normalized spacial score (nSPS) is 10.9. The molecule has 8 heteroatoms. The second-order valence-corrected chi connectivity index (χ2v) is 6.35. The minimum atomic E-state index is -3.94. The van der Waals surface area contributed by atoms with Crippen LogP contribution in [0.25, 0.3) is 0 Å². The lowest BCUT2D eigenvalue weighted by Gasteiger charge is -2.10. The number of pyridine rings is 1. The predicted molar refractivity (Wildman–Crippen MR) is 80.4 cm³/mol. The molecule has 6 nitrogen and oxygen atoms in total. The molecule has 1 aromatic carbocycles. The lowest BCUT2D eigenvalue weighted by Crippen LogP contribution is -2.15. The van der Waals surface area contributed by atoms with Gasteiger partial charge in [0, 0.05) is 0 Å². The molecule has 2 aromatic rings. The fraction of sp³-hybridized carbons (Fsp3) is 0.0769. The monoisotopic (exact) mass is 322 g/mol. The summed E-state index contributed by atoms with van der Waals surface area (Å²) in [6.07, 6.45) is 1.36. The molecule has 0 spiro atoms. The third kappa shape index (κ3) is 3.24. The van der Waals surface area contributed by atoms with E-state index in [0.29, 0.717) is 11.3 Å². The molecule has 0 saturated carbocycles. The summed E-state index contributed by atoms with van der Waals surface area (Å²) in [6.45, 7) is 1.73. The second kappa shape index (κ2) is 5.60. The number of nitrogens with one attached hydrogen (secondary N) is 1. The number of aryl methyl sites for hydroxylation is 1. The van der Waals surface area contributed by atoms with Crippen molar-refractivity contribution in [3.63, 3.8) is 0 Å². The van der Waals surface area contributed by atoms with Gasteiger partial charge in [-0.2, -0.15) is 5.26 Å². The first-order chi connectivity index (χ1) is 9.83. The smallest absolute Gasteiger partial charge is 0.264 e. The lowest BCUT2D eigenvalue weighted by molar-refractivity contribution is 0.601. The third-order valence-electron chi connectivity index (χ3n) is 2.74. The van der Waals surface area contributed by atoms with Crippen LogP contribution in [-0.2, 0) is 10.0 Å². The summed E-state index contributed by atoms with van der Waals surface area (Å²) in [6, 6.07) is 7.37. The van der Waals surface area contributed by atoms with Gasteiger partial charge in [-0.3, -0.25) is 4.72 Å². The molecular weight excluding hydrogens is 312 g/mol. The van der Waals surface area contributed by atoms with Crippen molar-refractivity contribution in [3.05, 3.63) is 46.6 Å². The first kappa shape index (κ1) is 15.1. The average molecular weight is 323 g/mol. The van der Waals surface area contributed by atoms with Gasteiger partial charge in [0.1, 0.15) is 10.7 Å². The third-order valence-corrected chi connectivity index (χ3v) is 4.58. The van der Waals surface area contributed by atoms with Gasteiger partial charge >= 0.3 is 0 Å². The van der Waals surface area contributed by atoms with Crippen molar-refractivity contribution in [2.24, 2.45) is 0 Å². The van der Waals surface area contributed by atoms with Crippen molar-refractivity contribution < 1.29 is 8.42 Å². The van der Waals surface area contributed by atoms with E-state index in [0.717, 1.165) is 0 Å². The number of rotatable bonds is 3. The van der Waals surface area contributed by atoms with Gasteiger partial charge in [-0.25, -0.2) is 13.4 Å². The number of aromatic nitrogens is 1. The van der Waals surface area contributed by atoms with E-state index in [-0.39, 0.29) is 21.3 Å². The standard InChI is InChI=1S/C13H11ClN4O2S/c1-8-4-13(17-7-11(8)16)18-21(19,20)12-5-9(6-15)2-3-10(12)14/h2-5,7H,16H2,1H3,(H,17,18). The topological polar surface area (TPSA) is 109 Å². The number of anilines is 2. The number of sulfonamides is 1. The van der Waals surface area contributed by atoms with Gasteiger partial charge in [0.05, 0.1) is 28.5 Å². The van der Waals surface area contributed by atoms with Crippen LogP contribution < -0.4 is 10.5 Å². The molecule has 0 bridgehead atoms. The quantitative estimate of drug-likeness (QED) is 0.901. The van der Waals surface area contributed by atoms with Crippen LogP contribution in [0.2, 0.25) is 5.02 Å². The molecule has 0 aliphatic carbocycles. The first-order valence-electron chi connectivity index (χ1n) is 5.78. The van der Waals surface area contributed by atoms with Gasteiger partial charge in [0.25, 0.3) is 10.0 Å². The minimum Gasteiger partial charge on any atom is -0.397 e. The van der Waals surface area contributed by atoms with Crippen LogP contribution in [0.1, 0.15) is 11.1 Å². The highest BCUT2D eigenvalue weighted by atomic mass is 35.5. The molecule has 1 aromatic heterocycles. The molecular formula is C13H11ClN4O2S. The van der Waals surface area contributed by atoms with Gasteiger partial charge in [-0.1, -0.05) is 11.6 Å². The molecule has 3 N–H and O–H groups in total. The maximum atomic E-state index is 12.3. The van der Waals surface area contributed by atoms with E-state index in [1.54, 1.807) is 6.92 Å². The lowest BCUT2D eigenvalue weighted by atomic mass is 10.2. The van der Waals surface area contributed by atoms with Gasteiger partial charge in [-0.05, 0) is 36.8 Å². The summed E-state index contributed by atoms with van der Waals surface area (Å²) >= 11 is 5.89. The van der Waals surface area contributed by atoms with Crippen LogP contribution in [0.3, 0.4) is 0 Å². The number of nitrogens with two attached hydrogens (primary N) is 1. The van der Waals surface area contributed by atoms with Crippen LogP contribution in [0.4, 0.5) is 11.5 Å². The van der Waals surface area contributed by atoms with Crippen molar-refractivity contribution in [2.45, 2.75) is 11.8 Å². The summed E-state index contributed by atoms with van der Waals surface area (Å²) in [5.41, 5.74) is 6.98. The highest BCUT2D eigenvalue weighted by Crippen LogP contribution is 2.25. The predicted octanol–water partition coefficient (Wildman–Crippen LogP) is 2.30. The van der Waals surface area contributed by atoms with E-state index in [2.05, 4.69) is 9.71 Å². The van der Waals surface area contributed by atoms with E-state index in [1.807, 2.05) is 6.07 Å². The average Bonchev–Trinajstić information content (AvgIpc) is 2.43. The minimum absolute atomic E-state index is 0.0219. The van der Waals surface area contributed by atoms with Crippen LogP contribution >= 0.6 is 11.6 Å². The molecule has 1 heterocycles. The number of nitriles is 1. The number of nitrogens with zero attached hydrogens (tertiary/aromatic N) is 2. The van der Waals surface area contributed by atoms with Crippen molar-refractivity contribution in [3.8, 4) is 6.07 Å². The molecule has 0 aliphatic rings. The molecule has 0 unspecified atom stereocenters. The van der Waals surface area contributed by atoms with Crippen LogP contribution in [0.15, 0.2) is 35.4 Å². The highest BCUT2D eigenvalue weighted by molar-refractivity contribution is 7.92. The van der Waals surface area contributed by atoms with E-state index in [1.165, 1.54) is 30.5 Å². The fourth-order valence-corrected chi connectivity index (χ4v) is 3.12. The van der Waals surface area contributed by atoms with Crippen LogP contribution in [0, 0.1) is 18.3 Å². The van der Waals surface area contributed by atoms with Gasteiger partial charge in [-0.15, -0.1) is 0 Å². The summed E-state index contributed by atoms with van der Waals surface area (Å²) in [7, 11) is -3.94. The SMILES string of the molecule is Cc1cc(NS(=O)(=O)c2cc(C#N)ccc2Cl)ncc1N. The number of hydrogen-bond donors (Lipinski definition) is 2. The molecule has 0 amide bonds. The molecule has 0 atom stereocenters. The number of benzene rings is 1. The molecule has 0 saturated heterocycles. The van der Waals surface area contributed by atoms with Gasteiger partial charge in [0.15, 0.2) is 0 Å². The Labute approximate surface area is 127 Å². The Morgan fingerprint density at radius 3 is 2.71 bits per heavy atom. The summed E-state index contributed by atoms with van der Waals surface area (Å²) in [5.74, 6) is 0.125. The van der Waals surface area contributed by atoms with E-state index >= 15 is 0 Å². The second-order valence-electron chi connectivity index (χ2n) is 4.29. The van der Waals surface area contributed by atoms with Crippen molar-refractivity contribution >= 4 is 33.1 Å². The molecule has 0 fully saturated rings. The van der Waals surface area contributed by atoms with Gasteiger partial charge in [0.2, 0.25) is 0 Å². The zero-order chi connectivity index (χ0) is 15.6. The van der Waals surface area contributed by atoms with Gasteiger partial charge < -0.3 is 5.73 Å². The molecule has 0 radical (unpaired) electrons. The zero-order valence-electron chi connectivity index (χ0n) is 11.0.